The number of allylic oxidation sites excluding steroid dienone is 1. The molecule has 2 bridgehead atoms. The number of rotatable bonds is 16. The highest BCUT2D eigenvalue weighted by molar-refractivity contribution is 9.09. The molecule has 40 heavy (non-hydrogen) atoms. The number of aliphatic hydroxyl groups is 1. The SMILES string of the molecule is C=CCCC(=O)NC[C@H](C)OC(=O)[C@@H]1[C@H]2O[C@@]3(CC2Br)[C@H](C(=O)N(CC=C)CCCC)N([C@@H](CC)CO)C(=O)[C@@H]13. The first-order valence-corrected chi connectivity index (χ1v) is 15.3. The third kappa shape index (κ3) is 6.16. The van der Waals surface area contributed by atoms with Gasteiger partial charge in [-0.05, 0) is 32.6 Å². The Morgan fingerprint density at radius 2 is 2.05 bits per heavy atom. The van der Waals surface area contributed by atoms with Crippen molar-refractivity contribution in [1.82, 2.24) is 15.1 Å². The molecule has 3 fully saturated rings. The van der Waals surface area contributed by atoms with E-state index in [-0.39, 0.29) is 35.7 Å². The molecule has 11 heteroatoms. The van der Waals surface area contributed by atoms with Gasteiger partial charge in [-0.2, -0.15) is 0 Å². The lowest BCUT2D eigenvalue weighted by Gasteiger charge is -2.39. The zero-order chi connectivity index (χ0) is 29.6. The topological polar surface area (TPSA) is 125 Å². The molecule has 3 aliphatic rings. The van der Waals surface area contributed by atoms with E-state index < -0.39 is 47.7 Å². The molecule has 3 heterocycles. The van der Waals surface area contributed by atoms with Gasteiger partial charge in [0.15, 0.2) is 0 Å². The molecule has 0 radical (unpaired) electrons. The Morgan fingerprint density at radius 3 is 2.65 bits per heavy atom. The number of ether oxygens (including phenoxy) is 2. The molecule has 10 nitrogen and oxygen atoms in total. The van der Waals surface area contributed by atoms with E-state index >= 15 is 0 Å². The van der Waals surface area contributed by atoms with Crippen LogP contribution >= 0.6 is 15.9 Å². The number of halogens is 1. The number of likely N-dealkylation sites (tertiary alicyclic amines) is 1. The normalized spacial score (nSPS) is 30.0. The number of esters is 1. The van der Waals surface area contributed by atoms with Gasteiger partial charge in [-0.25, -0.2) is 0 Å². The van der Waals surface area contributed by atoms with E-state index in [0.717, 1.165) is 12.8 Å². The fourth-order valence-electron chi connectivity index (χ4n) is 6.29. The summed E-state index contributed by atoms with van der Waals surface area (Å²) in [6.07, 6.45) is 5.36. The van der Waals surface area contributed by atoms with E-state index in [0.29, 0.717) is 38.8 Å². The summed E-state index contributed by atoms with van der Waals surface area (Å²) in [5.74, 6) is -3.25. The second kappa shape index (κ2) is 14.1. The molecular formula is C29H44BrN3O7. The third-order valence-electron chi connectivity index (χ3n) is 8.23. The Hall–Kier alpha value is -2.24. The average Bonchev–Trinajstić information content (AvgIpc) is 3.52. The Kier molecular flexibility index (Phi) is 11.4. The number of nitrogens with one attached hydrogen (secondary N) is 1. The molecule has 1 unspecified atom stereocenters. The van der Waals surface area contributed by atoms with Crippen LogP contribution < -0.4 is 5.32 Å². The van der Waals surface area contributed by atoms with Crippen LogP contribution in [0.1, 0.15) is 59.3 Å². The number of carbonyl (C=O) groups excluding carboxylic acids is 4. The molecule has 0 aromatic rings. The van der Waals surface area contributed by atoms with E-state index in [1.807, 2.05) is 13.8 Å². The lowest BCUT2D eigenvalue weighted by molar-refractivity contribution is -0.160. The summed E-state index contributed by atoms with van der Waals surface area (Å²) < 4.78 is 12.2. The molecule has 0 aromatic carbocycles. The van der Waals surface area contributed by atoms with Crippen molar-refractivity contribution in [1.29, 1.82) is 0 Å². The van der Waals surface area contributed by atoms with Crippen LogP contribution in [0, 0.1) is 11.8 Å². The second-order valence-electron chi connectivity index (χ2n) is 11.0. The summed E-state index contributed by atoms with van der Waals surface area (Å²) in [5.41, 5.74) is -1.23. The summed E-state index contributed by atoms with van der Waals surface area (Å²) in [5, 5.41) is 12.9. The first-order chi connectivity index (χ1) is 19.1. The molecule has 0 aromatic heterocycles. The van der Waals surface area contributed by atoms with E-state index in [2.05, 4.69) is 34.4 Å². The average molecular weight is 627 g/mol. The number of carbonyl (C=O) groups is 4. The standard InChI is InChI=1S/C29H44BrN3O7/c1-6-10-12-21(35)31-16-18(5)39-28(38)22-23-26(36)33(19(9-4)17-34)25(29(23)15-20(30)24(22)40-29)27(37)32(13-8-3)14-11-7-2/h6,8,18-20,22-25,34H,1,3,7,9-17H2,2,4-5H3,(H,31,35)/t18-,19-,20?,22-,23+,24-,25-,29+/m0/s1. The van der Waals surface area contributed by atoms with Gasteiger partial charge in [0.2, 0.25) is 17.7 Å². The van der Waals surface area contributed by atoms with Gasteiger partial charge in [-0.3, -0.25) is 19.2 Å². The predicted molar refractivity (Wildman–Crippen MR) is 153 cm³/mol. The maximum atomic E-state index is 14.2. The van der Waals surface area contributed by atoms with Crippen LogP contribution in [0.15, 0.2) is 25.3 Å². The maximum Gasteiger partial charge on any atom is 0.312 e. The minimum absolute atomic E-state index is 0.130. The second-order valence-corrected chi connectivity index (χ2v) is 12.1. The first-order valence-electron chi connectivity index (χ1n) is 14.3. The van der Waals surface area contributed by atoms with Gasteiger partial charge >= 0.3 is 5.97 Å². The fraction of sp³-hybridized carbons (Fsp3) is 0.724. The van der Waals surface area contributed by atoms with Crippen LogP contribution in [0.2, 0.25) is 0 Å². The van der Waals surface area contributed by atoms with Crippen LogP contribution in [-0.4, -0.2) is 99.6 Å². The Bertz CT molecular complexity index is 973. The van der Waals surface area contributed by atoms with E-state index in [9.17, 15) is 24.3 Å². The third-order valence-corrected chi connectivity index (χ3v) is 9.08. The van der Waals surface area contributed by atoms with Crippen LogP contribution in [0.3, 0.4) is 0 Å². The van der Waals surface area contributed by atoms with Crippen LogP contribution in [0.4, 0.5) is 0 Å². The molecule has 3 aliphatic heterocycles. The molecule has 2 N–H and O–H groups in total. The number of amides is 3. The number of alkyl halides is 1. The van der Waals surface area contributed by atoms with Crippen molar-refractivity contribution in [3.8, 4) is 0 Å². The van der Waals surface area contributed by atoms with Crippen molar-refractivity contribution in [3.05, 3.63) is 25.3 Å². The monoisotopic (exact) mass is 625 g/mol. The van der Waals surface area contributed by atoms with Gasteiger partial charge in [0.1, 0.15) is 17.7 Å². The smallest absolute Gasteiger partial charge is 0.312 e. The summed E-state index contributed by atoms with van der Waals surface area (Å²) >= 11 is 3.65. The summed E-state index contributed by atoms with van der Waals surface area (Å²) in [6, 6.07) is -1.58. The largest absolute Gasteiger partial charge is 0.460 e. The summed E-state index contributed by atoms with van der Waals surface area (Å²) in [4.78, 5) is 56.8. The molecule has 3 amide bonds. The number of aliphatic hydroxyl groups excluding tert-OH is 1. The molecule has 0 aliphatic carbocycles. The number of hydrogen-bond acceptors (Lipinski definition) is 7. The zero-order valence-electron chi connectivity index (χ0n) is 23.9. The molecule has 8 atom stereocenters. The highest BCUT2D eigenvalue weighted by Gasteiger charge is 2.77. The molecule has 3 rings (SSSR count). The Morgan fingerprint density at radius 1 is 1.32 bits per heavy atom. The first kappa shape index (κ1) is 32.3. The van der Waals surface area contributed by atoms with E-state index in [4.69, 9.17) is 9.47 Å². The minimum Gasteiger partial charge on any atom is -0.460 e. The number of hydrogen-bond donors (Lipinski definition) is 2. The number of fused-ring (bicyclic) bond motifs is 1. The van der Waals surface area contributed by atoms with Gasteiger partial charge in [-0.15, -0.1) is 13.2 Å². The van der Waals surface area contributed by atoms with E-state index in [1.54, 1.807) is 24.0 Å². The molecule has 3 saturated heterocycles. The Labute approximate surface area is 245 Å². The van der Waals surface area contributed by atoms with Crippen LogP contribution in [0.5, 0.6) is 0 Å². The summed E-state index contributed by atoms with van der Waals surface area (Å²) in [7, 11) is 0. The van der Waals surface area contributed by atoms with Gasteiger partial charge < -0.3 is 29.7 Å². The maximum absolute atomic E-state index is 14.2. The lowest BCUT2D eigenvalue weighted by atomic mass is 9.70. The van der Waals surface area contributed by atoms with Gasteiger partial charge in [-0.1, -0.05) is 48.4 Å². The van der Waals surface area contributed by atoms with Crippen molar-refractivity contribution in [2.24, 2.45) is 11.8 Å². The van der Waals surface area contributed by atoms with Crippen molar-refractivity contribution in [2.45, 2.75) is 94.0 Å². The van der Waals surface area contributed by atoms with E-state index in [1.165, 1.54) is 4.90 Å². The molecular weight excluding hydrogens is 582 g/mol. The van der Waals surface area contributed by atoms with Gasteiger partial charge in [0, 0.05) is 24.3 Å². The van der Waals surface area contributed by atoms with Gasteiger partial charge in [0.25, 0.3) is 0 Å². The zero-order valence-corrected chi connectivity index (χ0v) is 25.4. The van der Waals surface area contributed by atoms with Crippen molar-refractivity contribution >= 4 is 39.6 Å². The van der Waals surface area contributed by atoms with Gasteiger partial charge in [0.05, 0.1) is 37.1 Å². The predicted octanol–water partition coefficient (Wildman–Crippen LogP) is 2.33. The van der Waals surface area contributed by atoms with Crippen LogP contribution in [-0.2, 0) is 28.7 Å². The fourth-order valence-corrected chi connectivity index (χ4v) is 7.23. The highest BCUT2D eigenvalue weighted by atomic mass is 79.9. The Balaban J connectivity index is 1.91. The molecule has 224 valence electrons. The quantitative estimate of drug-likeness (QED) is 0.153. The highest BCUT2D eigenvalue weighted by Crippen LogP contribution is 2.60. The minimum atomic E-state index is -1.23. The molecule has 1 spiro atoms. The van der Waals surface area contributed by atoms with Crippen molar-refractivity contribution in [2.75, 3.05) is 26.2 Å². The summed E-state index contributed by atoms with van der Waals surface area (Å²) in [6.45, 7) is 13.6. The number of nitrogens with zero attached hydrogens (tertiary/aromatic N) is 2. The molecule has 0 saturated carbocycles. The lowest BCUT2D eigenvalue weighted by Crippen LogP contribution is -2.59. The van der Waals surface area contributed by atoms with Crippen molar-refractivity contribution in [3.63, 3.8) is 0 Å². The van der Waals surface area contributed by atoms with Crippen molar-refractivity contribution < 1.29 is 33.8 Å². The number of unbranched alkanes of at least 4 members (excludes halogenated alkanes) is 1. The van der Waals surface area contributed by atoms with Crippen LogP contribution in [0.25, 0.3) is 0 Å².